The molecule has 1 N–H and O–H groups in total. The number of hydrogen-bond acceptors (Lipinski definition) is 3. The molecule has 0 aromatic carbocycles. The van der Waals surface area contributed by atoms with Crippen LogP contribution in [0.3, 0.4) is 0 Å². The van der Waals surface area contributed by atoms with E-state index in [1.165, 1.54) is 24.2 Å². The Balaban J connectivity index is 2.00. The van der Waals surface area contributed by atoms with Gasteiger partial charge in [-0.1, -0.05) is 12.8 Å². The lowest BCUT2D eigenvalue weighted by molar-refractivity contribution is -0.130. The summed E-state index contributed by atoms with van der Waals surface area (Å²) in [6.07, 6.45) is 5.31. The maximum atomic E-state index is 12.2. The summed E-state index contributed by atoms with van der Waals surface area (Å²) in [5.41, 5.74) is 1.04. The van der Waals surface area contributed by atoms with Crippen LogP contribution in [0.2, 0.25) is 0 Å². The highest BCUT2D eigenvalue weighted by Crippen LogP contribution is 2.17. The Morgan fingerprint density at radius 2 is 2.00 bits per heavy atom. The smallest absolute Gasteiger partial charge is 0.227 e. The first kappa shape index (κ1) is 12.8. The van der Waals surface area contributed by atoms with Gasteiger partial charge in [0.25, 0.3) is 0 Å². The van der Waals surface area contributed by atoms with E-state index in [1.54, 1.807) is 0 Å². The number of likely N-dealkylation sites (tertiary alicyclic amines) is 1. The number of aryl methyl sites for hydroxylation is 1. The fraction of sp³-hybridized carbons (Fsp3) is 0.667. The minimum atomic E-state index is 0.250. The summed E-state index contributed by atoms with van der Waals surface area (Å²) in [5, 5.41) is 0. The quantitative estimate of drug-likeness (QED) is 0.838. The number of nitrogens with one attached hydrogen (secondary N) is 1. The van der Waals surface area contributed by atoms with Crippen molar-refractivity contribution in [1.82, 2.24) is 9.88 Å². The van der Waals surface area contributed by atoms with Crippen molar-refractivity contribution in [1.29, 1.82) is 0 Å². The molecule has 1 amide bonds. The summed E-state index contributed by atoms with van der Waals surface area (Å²) < 4.78 is 0.765. The zero-order chi connectivity index (χ0) is 12.3. The van der Waals surface area contributed by atoms with Crippen LogP contribution in [0, 0.1) is 10.9 Å². The van der Waals surface area contributed by atoms with Crippen molar-refractivity contribution < 1.29 is 4.79 Å². The van der Waals surface area contributed by atoms with Crippen LogP contribution in [0.4, 0.5) is 0 Å². The first-order valence-electron chi connectivity index (χ1n) is 6.13. The summed E-state index contributed by atoms with van der Waals surface area (Å²) in [4.78, 5) is 18.4. The van der Waals surface area contributed by atoms with Gasteiger partial charge in [0.15, 0.2) is 3.95 Å². The largest absolute Gasteiger partial charge is 0.342 e. The molecule has 1 saturated heterocycles. The number of carbonyl (C=O) groups excluding carboxylic acids is 1. The van der Waals surface area contributed by atoms with Crippen molar-refractivity contribution in [3.05, 3.63) is 14.5 Å². The van der Waals surface area contributed by atoms with E-state index in [0.717, 1.165) is 40.5 Å². The SMILES string of the molecule is Cc1[nH]c(=S)sc1CC(=O)N1CCCCCC1. The highest BCUT2D eigenvalue weighted by molar-refractivity contribution is 7.73. The van der Waals surface area contributed by atoms with E-state index in [2.05, 4.69) is 4.98 Å². The maximum absolute atomic E-state index is 12.2. The molecule has 1 aliphatic rings. The number of H-pyrrole nitrogens is 1. The molecule has 3 nitrogen and oxygen atoms in total. The molecule has 94 valence electrons. The zero-order valence-electron chi connectivity index (χ0n) is 10.1. The summed E-state index contributed by atoms with van der Waals surface area (Å²) >= 11 is 6.61. The second-order valence-electron chi connectivity index (χ2n) is 4.53. The number of rotatable bonds is 2. The zero-order valence-corrected chi connectivity index (χ0v) is 11.8. The van der Waals surface area contributed by atoms with Gasteiger partial charge >= 0.3 is 0 Å². The summed E-state index contributed by atoms with van der Waals surface area (Å²) in [7, 11) is 0. The van der Waals surface area contributed by atoms with Crippen LogP contribution >= 0.6 is 23.6 Å². The summed E-state index contributed by atoms with van der Waals surface area (Å²) in [6, 6.07) is 0. The molecule has 1 aromatic heterocycles. The molecule has 2 rings (SSSR count). The molecule has 0 spiro atoms. The lowest BCUT2D eigenvalue weighted by atomic mass is 10.2. The number of hydrogen-bond donors (Lipinski definition) is 1. The lowest BCUT2D eigenvalue weighted by Gasteiger charge is -2.19. The molecule has 0 bridgehead atoms. The molecule has 1 fully saturated rings. The van der Waals surface area contributed by atoms with E-state index in [9.17, 15) is 4.79 Å². The van der Waals surface area contributed by atoms with Gasteiger partial charge in [0.1, 0.15) is 0 Å². The second kappa shape index (κ2) is 5.78. The molecule has 0 unspecified atom stereocenters. The molecule has 0 saturated carbocycles. The van der Waals surface area contributed by atoms with Crippen molar-refractivity contribution in [3.63, 3.8) is 0 Å². The van der Waals surface area contributed by atoms with E-state index in [-0.39, 0.29) is 5.91 Å². The standard InChI is InChI=1S/C12H18N2OS2/c1-9-10(17-12(16)13-9)8-11(15)14-6-4-2-3-5-7-14/h2-8H2,1H3,(H,13,16). The number of nitrogens with zero attached hydrogens (tertiary/aromatic N) is 1. The Morgan fingerprint density at radius 3 is 2.53 bits per heavy atom. The predicted octanol–water partition coefficient (Wildman–Crippen LogP) is 3.06. The summed E-state index contributed by atoms with van der Waals surface area (Å²) in [5.74, 6) is 0.250. The van der Waals surface area contributed by atoms with E-state index >= 15 is 0 Å². The Bertz CT molecular complexity index is 442. The molecule has 1 aromatic rings. The van der Waals surface area contributed by atoms with Crippen LogP contribution in [-0.2, 0) is 11.2 Å². The molecular weight excluding hydrogens is 252 g/mol. The molecule has 0 aliphatic carbocycles. The number of aromatic nitrogens is 1. The van der Waals surface area contributed by atoms with E-state index in [0.29, 0.717) is 6.42 Å². The first-order valence-corrected chi connectivity index (χ1v) is 7.35. The maximum Gasteiger partial charge on any atom is 0.227 e. The van der Waals surface area contributed by atoms with Gasteiger partial charge in [-0.05, 0) is 32.0 Å². The van der Waals surface area contributed by atoms with Crippen LogP contribution in [0.1, 0.15) is 36.3 Å². The predicted molar refractivity (Wildman–Crippen MR) is 73.0 cm³/mol. The Hall–Kier alpha value is -0.680. The third kappa shape index (κ3) is 3.39. The van der Waals surface area contributed by atoms with Gasteiger partial charge in [-0.25, -0.2) is 0 Å². The molecule has 0 atom stereocenters. The second-order valence-corrected chi connectivity index (χ2v) is 6.31. The van der Waals surface area contributed by atoms with Crippen LogP contribution in [-0.4, -0.2) is 28.9 Å². The van der Waals surface area contributed by atoms with Crippen LogP contribution in [0.5, 0.6) is 0 Å². The normalized spacial score (nSPS) is 16.9. The number of amides is 1. The van der Waals surface area contributed by atoms with Crippen molar-refractivity contribution in [2.24, 2.45) is 0 Å². The van der Waals surface area contributed by atoms with Crippen molar-refractivity contribution in [2.45, 2.75) is 39.0 Å². The van der Waals surface area contributed by atoms with Gasteiger partial charge < -0.3 is 9.88 Å². The molecule has 5 heteroatoms. The Labute approximate surface area is 111 Å². The fourth-order valence-electron chi connectivity index (χ4n) is 2.17. The van der Waals surface area contributed by atoms with Gasteiger partial charge in [-0.15, -0.1) is 11.3 Å². The third-order valence-corrected chi connectivity index (χ3v) is 4.53. The van der Waals surface area contributed by atoms with Crippen molar-refractivity contribution >= 4 is 29.5 Å². The highest BCUT2D eigenvalue weighted by atomic mass is 32.1. The minimum absolute atomic E-state index is 0.250. The first-order chi connectivity index (χ1) is 8.16. The van der Waals surface area contributed by atoms with E-state index in [1.807, 2.05) is 11.8 Å². The van der Waals surface area contributed by atoms with Gasteiger partial charge in [0, 0.05) is 23.7 Å². The number of thiazole rings is 1. The highest BCUT2D eigenvalue weighted by Gasteiger charge is 2.17. The number of aromatic amines is 1. The molecule has 2 heterocycles. The van der Waals surface area contributed by atoms with Crippen LogP contribution in [0.15, 0.2) is 0 Å². The van der Waals surface area contributed by atoms with Crippen LogP contribution in [0.25, 0.3) is 0 Å². The molecule has 17 heavy (non-hydrogen) atoms. The fourth-order valence-corrected chi connectivity index (χ4v) is 3.46. The van der Waals surface area contributed by atoms with E-state index in [4.69, 9.17) is 12.2 Å². The van der Waals surface area contributed by atoms with E-state index < -0.39 is 0 Å². The molecule has 1 aliphatic heterocycles. The van der Waals surface area contributed by atoms with Crippen molar-refractivity contribution in [2.75, 3.05) is 13.1 Å². The summed E-state index contributed by atoms with van der Waals surface area (Å²) in [6.45, 7) is 3.83. The monoisotopic (exact) mass is 270 g/mol. The number of carbonyl (C=O) groups is 1. The molecular formula is C12H18N2OS2. The molecule has 0 radical (unpaired) electrons. The topological polar surface area (TPSA) is 36.1 Å². The van der Waals surface area contributed by atoms with Gasteiger partial charge in [-0.2, -0.15) is 0 Å². The van der Waals surface area contributed by atoms with Crippen LogP contribution < -0.4 is 0 Å². The van der Waals surface area contributed by atoms with Gasteiger partial charge in [0.05, 0.1) is 6.42 Å². The minimum Gasteiger partial charge on any atom is -0.342 e. The average Bonchev–Trinajstić information content (AvgIpc) is 2.54. The van der Waals surface area contributed by atoms with Gasteiger partial charge in [0.2, 0.25) is 5.91 Å². The van der Waals surface area contributed by atoms with Crippen molar-refractivity contribution in [3.8, 4) is 0 Å². The Kier molecular flexibility index (Phi) is 4.34. The Morgan fingerprint density at radius 1 is 1.35 bits per heavy atom. The average molecular weight is 270 g/mol. The van der Waals surface area contributed by atoms with Gasteiger partial charge in [-0.3, -0.25) is 4.79 Å². The third-order valence-electron chi connectivity index (χ3n) is 3.19. The lowest BCUT2D eigenvalue weighted by Crippen LogP contribution is -2.33.